The molecule has 0 aliphatic carbocycles. The molecule has 0 radical (unpaired) electrons. The summed E-state index contributed by atoms with van der Waals surface area (Å²) in [5.74, 6) is 0.615. The Balaban J connectivity index is 2.08. The van der Waals surface area contributed by atoms with Gasteiger partial charge in [-0.05, 0) is 42.9 Å². The molecule has 0 spiro atoms. The van der Waals surface area contributed by atoms with E-state index >= 15 is 0 Å². The van der Waals surface area contributed by atoms with Gasteiger partial charge in [0.1, 0.15) is 0 Å². The number of nitrogens with two attached hydrogens (primary N) is 1. The molecule has 0 amide bonds. The van der Waals surface area contributed by atoms with Crippen molar-refractivity contribution in [1.82, 2.24) is 4.90 Å². The van der Waals surface area contributed by atoms with E-state index in [1.54, 1.807) is 0 Å². The van der Waals surface area contributed by atoms with Crippen LogP contribution in [0.4, 0.5) is 0 Å². The SMILES string of the molecule is CC(C)Cc1ccccc1CN1CCCC(S(N)(=O)=O)C1. The second-order valence-electron chi connectivity index (χ2n) is 6.46. The minimum atomic E-state index is -3.42. The van der Waals surface area contributed by atoms with Gasteiger partial charge in [0.25, 0.3) is 0 Å². The number of nitrogens with zero attached hydrogens (tertiary/aromatic N) is 1. The van der Waals surface area contributed by atoms with Crippen LogP contribution >= 0.6 is 0 Å². The summed E-state index contributed by atoms with van der Waals surface area (Å²) in [5, 5.41) is 4.89. The highest BCUT2D eigenvalue weighted by Crippen LogP contribution is 2.20. The average Bonchev–Trinajstić information content (AvgIpc) is 2.40. The molecule has 1 fully saturated rings. The van der Waals surface area contributed by atoms with Gasteiger partial charge in [-0.25, -0.2) is 13.6 Å². The van der Waals surface area contributed by atoms with E-state index in [2.05, 4.69) is 43.0 Å². The van der Waals surface area contributed by atoms with Crippen molar-refractivity contribution in [3.05, 3.63) is 35.4 Å². The highest BCUT2D eigenvalue weighted by Gasteiger charge is 2.28. The van der Waals surface area contributed by atoms with Crippen LogP contribution in [0.2, 0.25) is 0 Å². The molecule has 1 aliphatic heterocycles. The Labute approximate surface area is 128 Å². The molecular weight excluding hydrogens is 284 g/mol. The zero-order valence-corrected chi connectivity index (χ0v) is 13.8. The van der Waals surface area contributed by atoms with Crippen molar-refractivity contribution in [2.45, 2.75) is 44.9 Å². The van der Waals surface area contributed by atoms with Crippen molar-refractivity contribution in [3.8, 4) is 0 Å². The van der Waals surface area contributed by atoms with Gasteiger partial charge in [-0.2, -0.15) is 0 Å². The van der Waals surface area contributed by atoms with Gasteiger partial charge in [0.2, 0.25) is 10.0 Å². The van der Waals surface area contributed by atoms with E-state index in [0.717, 1.165) is 25.9 Å². The topological polar surface area (TPSA) is 63.4 Å². The van der Waals surface area contributed by atoms with E-state index < -0.39 is 15.3 Å². The molecule has 0 saturated carbocycles. The Morgan fingerprint density at radius 3 is 2.57 bits per heavy atom. The fourth-order valence-corrected chi connectivity index (χ4v) is 3.93. The van der Waals surface area contributed by atoms with Gasteiger partial charge in [-0.1, -0.05) is 38.1 Å². The largest absolute Gasteiger partial charge is 0.298 e. The Hall–Kier alpha value is -0.910. The van der Waals surface area contributed by atoms with Gasteiger partial charge in [0.05, 0.1) is 5.25 Å². The first-order chi connectivity index (χ1) is 9.86. The first kappa shape index (κ1) is 16.5. The summed E-state index contributed by atoms with van der Waals surface area (Å²) in [7, 11) is -3.42. The van der Waals surface area contributed by atoms with Crippen LogP contribution in [0.1, 0.15) is 37.8 Å². The van der Waals surface area contributed by atoms with Crippen LogP contribution in [0.15, 0.2) is 24.3 Å². The highest BCUT2D eigenvalue weighted by molar-refractivity contribution is 7.89. The molecule has 0 aromatic heterocycles. The van der Waals surface area contributed by atoms with Crippen molar-refractivity contribution >= 4 is 10.0 Å². The molecule has 0 bridgehead atoms. The van der Waals surface area contributed by atoms with Gasteiger partial charge >= 0.3 is 0 Å². The molecule has 1 aromatic carbocycles. The first-order valence-electron chi connectivity index (χ1n) is 7.67. The molecule has 1 aromatic rings. The van der Waals surface area contributed by atoms with Crippen LogP contribution in [-0.2, 0) is 23.0 Å². The molecule has 5 heteroatoms. The number of rotatable bonds is 5. The maximum atomic E-state index is 11.5. The van der Waals surface area contributed by atoms with Gasteiger partial charge in [0.15, 0.2) is 0 Å². The summed E-state index contributed by atoms with van der Waals surface area (Å²) in [4.78, 5) is 2.22. The van der Waals surface area contributed by atoms with Crippen LogP contribution in [0.5, 0.6) is 0 Å². The number of piperidine rings is 1. The first-order valence-corrected chi connectivity index (χ1v) is 9.28. The molecule has 1 atom stereocenters. The minimum absolute atomic E-state index is 0.413. The predicted octanol–water partition coefficient (Wildman–Crippen LogP) is 2.14. The molecule has 21 heavy (non-hydrogen) atoms. The molecule has 4 nitrogen and oxygen atoms in total. The minimum Gasteiger partial charge on any atom is -0.298 e. The van der Waals surface area contributed by atoms with Crippen molar-refractivity contribution < 1.29 is 8.42 Å². The molecule has 1 aliphatic rings. The quantitative estimate of drug-likeness (QED) is 0.906. The normalized spacial score (nSPS) is 20.9. The maximum absolute atomic E-state index is 11.5. The van der Waals surface area contributed by atoms with Crippen LogP contribution < -0.4 is 5.14 Å². The van der Waals surface area contributed by atoms with E-state index in [-0.39, 0.29) is 0 Å². The summed E-state index contributed by atoms with van der Waals surface area (Å²) < 4.78 is 23.1. The summed E-state index contributed by atoms with van der Waals surface area (Å²) in [6, 6.07) is 8.46. The second kappa shape index (κ2) is 6.90. The predicted molar refractivity (Wildman–Crippen MR) is 86.4 cm³/mol. The summed E-state index contributed by atoms with van der Waals surface area (Å²) in [5.41, 5.74) is 2.67. The van der Waals surface area contributed by atoms with Crippen molar-refractivity contribution in [1.29, 1.82) is 0 Å². The van der Waals surface area contributed by atoms with Crippen molar-refractivity contribution in [2.75, 3.05) is 13.1 Å². The van der Waals surface area contributed by atoms with E-state index in [1.165, 1.54) is 11.1 Å². The lowest BCUT2D eigenvalue weighted by molar-refractivity contribution is 0.221. The second-order valence-corrected chi connectivity index (χ2v) is 8.30. The standard InChI is InChI=1S/C16H26N2O2S/c1-13(2)10-14-6-3-4-7-15(14)11-18-9-5-8-16(12-18)21(17,19)20/h3-4,6-7,13,16H,5,8-12H2,1-2H3,(H2,17,19,20). The third-order valence-corrected chi connectivity index (χ3v) is 5.38. The monoisotopic (exact) mass is 310 g/mol. The fourth-order valence-electron chi connectivity index (χ4n) is 3.02. The van der Waals surface area contributed by atoms with Crippen LogP contribution in [0.25, 0.3) is 0 Å². The van der Waals surface area contributed by atoms with Crippen LogP contribution in [-0.4, -0.2) is 31.7 Å². The number of likely N-dealkylation sites (tertiary alicyclic amines) is 1. The molecule has 1 saturated heterocycles. The average molecular weight is 310 g/mol. The van der Waals surface area contributed by atoms with Gasteiger partial charge in [0, 0.05) is 13.1 Å². The lowest BCUT2D eigenvalue weighted by Gasteiger charge is -2.32. The molecule has 118 valence electrons. The number of benzene rings is 1. The number of hydrogen-bond donors (Lipinski definition) is 1. The number of primary sulfonamides is 1. The van der Waals surface area contributed by atoms with Gasteiger partial charge in [-0.15, -0.1) is 0 Å². The molecular formula is C16H26N2O2S. The summed E-state index contributed by atoms with van der Waals surface area (Å²) in [6.45, 7) is 6.75. The zero-order valence-electron chi connectivity index (χ0n) is 13.0. The summed E-state index contributed by atoms with van der Waals surface area (Å²) in [6.07, 6.45) is 2.64. The Kier molecular flexibility index (Phi) is 5.41. The van der Waals surface area contributed by atoms with E-state index in [9.17, 15) is 8.42 Å². The number of sulfonamides is 1. The fraction of sp³-hybridized carbons (Fsp3) is 0.625. The van der Waals surface area contributed by atoms with E-state index in [0.29, 0.717) is 18.9 Å². The number of hydrogen-bond acceptors (Lipinski definition) is 3. The molecule has 1 heterocycles. The van der Waals surface area contributed by atoms with Gasteiger partial charge < -0.3 is 0 Å². The van der Waals surface area contributed by atoms with Crippen molar-refractivity contribution in [3.63, 3.8) is 0 Å². The smallest absolute Gasteiger partial charge is 0.213 e. The van der Waals surface area contributed by atoms with Gasteiger partial charge in [-0.3, -0.25) is 4.90 Å². The maximum Gasteiger partial charge on any atom is 0.213 e. The highest BCUT2D eigenvalue weighted by atomic mass is 32.2. The summed E-state index contributed by atoms with van der Waals surface area (Å²) >= 11 is 0. The Bertz CT molecular complexity index is 569. The van der Waals surface area contributed by atoms with Crippen LogP contribution in [0, 0.1) is 5.92 Å². The lowest BCUT2D eigenvalue weighted by atomic mass is 9.97. The molecule has 1 unspecified atom stereocenters. The Morgan fingerprint density at radius 1 is 1.29 bits per heavy atom. The lowest BCUT2D eigenvalue weighted by Crippen LogP contribution is -2.44. The van der Waals surface area contributed by atoms with Crippen molar-refractivity contribution in [2.24, 2.45) is 11.1 Å². The zero-order chi connectivity index (χ0) is 15.5. The molecule has 2 N–H and O–H groups in total. The van der Waals surface area contributed by atoms with E-state index in [1.807, 2.05) is 0 Å². The van der Waals surface area contributed by atoms with E-state index in [4.69, 9.17) is 5.14 Å². The van der Waals surface area contributed by atoms with Crippen LogP contribution in [0.3, 0.4) is 0 Å². The third-order valence-electron chi connectivity index (χ3n) is 4.07. The third kappa shape index (κ3) is 4.80. The Morgan fingerprint density at radius 2 is 1.95 bits per heavy atom. The molecule has 2 rings (SSSR count).